The normalized spacial score (nSPS) is 10.9. The molecule has 0 spiro atoms. The first-order valence-corrected chi connectivity index (χ1v) is 6.58. The summed E-state index contributed by atoms with van der Waals surface area (Å²) in [5.74, 6) is 0. The van der Waals surface area contributed by atoms with Gasteiger partial charge < -0.3 is 25.4 Å². The van der Waals surface area contributed by atoms with Gasteiger partial charge in [0.15, 0.2) is 0 Å². The summed E-state index contributed by atoms with van der Waals surface area (Å²) in [6, 6.07) is 7.67. The summed E-state index contributed by atoms with van der Waals surface area (Å²) in [4.78, 5) is 2.09. The lowest BCUT2D eigenvalue weighted by Gasteiger charge is -2.10. The van der Waals surface area contributed by atoms with Crippen LogP contribution in [-0.4, -0.2) is 58.5 Å². The Morgan fingerprint density at radius 1 is 1.00 bits per heavy atom. The largest absolute Gasteiger partial charge is 0.399 e. The summed E-state index contributed by atoms with van der Waals surface area (Å²) >= 11 is 0. The Hall–Kier alpha value is -1.30. The fourth-order valence-electron chi connectivity index (χ4n) is 1.44. The van der Waals surface area contributed by atoms with Gasteiger partial charge in [0.05, 0.1) is 26.4 Å². The van der Waals surface area contributed by atoms with Crippen LogP contribution in [0.2, 0.25) is 0 Å². The standard InChI is InChI=1S/C14H25N3O2/c1-17(2)8-10-19-12-11-18-9-7-16-14-5-3-13(15)4-6-14/h3-6,16H,7-12,15H2,1-2H3. The van der Waals surface area contributed by atoms with Crippen molar-refractivity contribution >= 4 is 11.4 Å². The molecular formula is C14H25N3O2. The fourth-order valence-corrected chi connectivity index (χ4v) is 1.44. The van der Waals surface area contributed by atoms with E-state index in [0.717, 1.165) is 31.1 Å². The third-order valence-corrected chi connectivity index (χ3v) is 2.54. The average molecular weight is 267 g/mol. The molecule has 5 nitrogen and oxygen atoms in total. The molecule has 0 aliphatic rings. The topological polar surface area (TPSA) is 59.8 Å². The summed E-state index contributed by atoms with van der Waals surface area (Å²) < 4.78 is 10.9. The van der Waals surface area contributed by atoms with Crippen molar-refractivity contribution in [1.82, 2.24) is 4.90 Å². The van der Waals surface area contributed by atoms with E-state index in [2.05, 4.69) is 10.2 Å². The Morgan fingerprint density at radius 2 is 1.63 bits per heavy atom. The van der Waals surface area contributed by atoms with Crippen LogP contribution in [0.25, 0.3) is 0 Å². The van der Waals surface area contributed by atoms with Crippen molar-refractivity contribution in [3.8, 4) is 0 Å². The van der Waals surface area contributed by atoms with Gasteiger partial charge >= 0.3 is 0 Å². The van der Waals surface area contributed by atoms with E-state index in [9.17, 15) is 0 Å². The van der Waals surface area contributed by atoms with Crippen LogP contribution in [0, 0.1) is 0 Å². The molecular weight excluding hydrogens is 242 g/mol. The minimum absolute atomic E-state index is 0.636. The van der Waals surface area contributed by atoms with Crippen molar-refractivity contribution in [3.05, 3.63) is 24.3 Å². The summed E-state index contributed by atoms with van der Waals surface area (Å²) in [7, 11) is 4.06. The Balaban J connectivity index is 1.90. The van der Waals surface area contributed by atoms with Gasteiger partial charge in [-0.2, -0.15) is 0 Å². The number of hydrogen-bond donors (Lipinski definition) is 2. The number of nitrogens with one attached hydrogen (secondary N) is 1. The molecule has 0 aliphatic heterocycles. The zero-order chi connectivity index (χ0) is 13.9. The zero-order valence-corrected chi connectivity index (χ0v) is 11.9. The van der Waals surface area contributed by atoms with Crippen molar-refractivity contribution in [2.75, 3.05) is 64.7 Å². The van der Waals surface area contributed by atoms with E-state index in [4.69, 9.17) is 15.2 Å². The van der Waals surface area contributed by atoms with E-state index in [0.29, 0.717) is 19.8 Å². The van der Waals surface area contributed by atoms with E-state index < -0.39 is 0 Å². The maximum absolute atomic E-state index is 5.61. The highest BCUT2D eigenvalue weighted by molar-refractivity contribution is 5.51. The van der Waals surface area contributed by atoms with Gasteiger partial charge in [0.25, 0.3) is 0 Å². The Labute approximate surface area is 115 Å². The second kappa shape index (κ2) is 9.61. The lowest BCUT2D eigenvalue weighted by molar-refractivity contribution is 0.0462. The van der Waals surface area contributed by atoms with Gasteiger partial charge in [-0.15, -0.1) is 0 Å². The highest BCUT2D eigenvalue weighted by Crippen LogP contribution is 2.09. The Morgan fingerprint density at radius 3 is 2.26 bits per heavy atom. The Bertz CT molecular complexity index is 328. The molecule has 0 aliphatic carbocycles. The fraction of sp³-hybridized carbons (Fsp3) is 0.571. The Kier molecular flexibility index (Phi) is 7.97. The summed E-state index contributed by atoms with van der Waals surface area (Å²) in [5.41, 5.74) is 7.44. The number of nitrogens with two attached hydrogens (primary N) is 1. The summed E-state index contributed by atoms with van der Waals surface area (Å²) in [5, 5.41) is 3.26. The molecule has 3 N–H and O–H groups in total. The van der Waals surface area contributed by atoms with Crippen molar-refractivity contribution < 1.29 is 9.47 Å². The molecule has 0 saturated heterocycles. The number of nitrogens with zero attached hydrogens (tertiary/aromatic N) is 1. The molecule has 108 valence electrons. The highest BCUT2D eigenvalue weighted by atomic mass is 16.5. The van der Waals surface area contributed by atoms with Gasteiger partial charge in [0, 0.05) is 24.5 Å². The van der Waals surface area contributed by atoms with Gasteiger partial charge in [-0.1, -0.05) is 0 Å². The number of anilines is 2. The molecule has 0 aromatic heterocycles. The van der Waals surface area contributed by atoms with Gasteiger partial charge in [-0.25, -0.2) is 0 Å². The van der Waals surface area contributed by atoms with Crippen LogP contribution in [0.3, 0.4) is 0 Å². The number of likely N-dealkylation sites (N-methyl/N-ethyl adjacent to an activating group) is 1. The molecule has 0 heterocycles. The molecule has 0 unspecified atom stereocenters. The summed E-state index contributed by atoms with van der Waals surface area (Å²) in [6.07, 6.45) is 0. The predicted octanol–water partition coefficient (Wildman–Crippen LogP) is 1.28. The third-order valence-electron chi connectivity index (χ3n) is 2.54. The quantitative estimate of drug-likeness (QED) is 0.494. The molecule has 0 saturated carbocycles. The minimum atomic E-state index is 0.636. The molecule has 1 aromatic rings. The first kappa shape index (κ1) is 15.8. The smallest absolute Gasteiger partial charge is 0.0701 e. The molecule has 5 heteroatoms. The van der Waals surface area contributed by atoms with E-state index in [-0.39, 0.29) is 0 Å². The lowest BCUT2D eigenvalue weighted by atomic mass is 10.3. The van der Waals surface area contributed by atoms with E-state index in [1.165, 1.54) is 0 Å². The molecule has 0 bridgehead atoms. The summed E-state index contributed by atoms with van der Waals surface area (Å²) in [6.45, 7) is 4.42. The van der Waals surface area contributed by atoms with Crippen molar-refractivity contribution in [1.29, 1.82) is 0 Å². The number of hydrogen-bond acceptors (Lipinski definition) is 5. The van der Waals surface area contributed by atoms with Gasteiger partial charge in [-0.3, -0.25) is 0 Å². The molecule has 1 rings (SSSR count). The monoisotopic (exact) mass is 267 g/mol. The second-order valence-corrected chi connectivity index (χ2v) is 4.58. The first-order valence-electron chi connectivity index (χ1n) is 6.58. The van der Waals surface area contributed by atoms with Crippen LogP contribution in [0.5, 0.6) is 0 Å². The highest BCUT2D eigenvalue weighted by Gasteiger charge is 1.93. The van der Waals surface area contributed by atoms with Crippen LogP contribution in [0.1, 0.15) is 0 Å². The molecule has 0 radical (unpaired) electrons. The second-order valence-electron chi connectivity index (χ2n) is 4.58. The zero-order valence-electron chi connectivity index (χ0n) is 11.9. The molecule has 19 heavy (non-hydrogen) atoms. The number of rotatable bonds is 10. The van der Waals surface area contributed by atoms with Crippen molar-refractivity contribution in [2.24, 2.45) is 0 Å². The minimum Gasteiger partial charge on any atom is -0.399 e. The first-order chi connectivity index (χ1) is 9.18. The number of ether oxygens (including phenoxy) is 2. The lowest BCUT2D eigenvalue weighted by Crippen LogP contribution is -2.19. The van der Waals surface area contributed by atoms with Gasteiger partial charge in [0.2, 0.25) is 0 Å². The molecule has 1 aromatic carbocycles. The van der Waals surface area contributed by atoms with Crippen LogP contribution in [0.4, 0.5) is 11.4 Å². The van der Waals surface area contributed by atoms with Crippen LogP contribution >= 0.6 is 0 Å². The molecule has 0 atom stereocenters. The van der Waals surface area contributed by atoms with Crippen molar-refractivity contribution in [2.45, 2.75) is 0 Å². The average Bonchev–Trinajstić information content (AvgIpc) is 2.38. The number of nitrogen functional groups attached to an aromatic ring is 1. The SMILES string of the molecule is CN(C)CCOCCOCCNc1ccc(N)cc1. The maximum Gasteiger partial charge on any atom is 0.0701 e. The van der Waals surface area contributed by atoms with E-state index in [1.54, 1.807) is 0 Å². The predicted molar refractivity (Wildman–Crippen MR) is 79.5 cm³/mol. The molecule has 0 fully saturated rings. The maximum atomic E-state index is 5.61. The van der Waals surface area contributed by atoms with E-state index >= 15 is 0 Å². The van der Waals surface area contributed by atoms with Crippen molar-refractivity contribution in [3.63, 3.8) is 0 Å². The van der Waals surface area contributed by atoms with Crippen LogP contribution in [0.15, 0.2) is 24.3 Å². The van der Waals surface area contributed by atoms with E-state index in [1.807, 2.05) is 38.4 Å². The van der Waals surface area contributed by atoms with Crippen LogP contribution in [-0.2, 0) is 9.47 Å². The third kappa shape index (κ3) is 8.42. The van der Waals surface area contributed by atoms with Crippen LogP contribution < -0.4 is 11.1 Å². The van der Waals surface area contributed by atoms with Gasteiger partial charge in [-0.05, 0) is 38.4 Å². The van der Waals surface area contributed by atoms with Gasteiger partial charge in [0.1, 0.15) is 0 Å². The molecule has 0 amide bonds. The number of benzene rings is 1.